The zero-order valence-corrected chi connectivity index (χ0v) is 15.1. The Morgan fingerprint density at radius 1 is 1.00 bits per heavy atom. The van der Waals surface area contributed by atoms with E-state index in [0.717, 1.165) is 61.9 Å². The molecule has 0 amide bonds. The smallest absolute Gasteiger partial charge is 0.224 e. The topological polar surface area (TPSA) is 61.3 Å². The van der Waals surface area contributed by atoms with Gasteiger partial charge in [0.2, 0.25) is 5.95 Å². The van der Waals surface area contributed by atoms with Gasteiger partial charge in [0.15, 0.2) is 0 Å². The van der Waals surface area contributed by atoms with Gasteiger partial charge in [-0.3, -0.25) is 4.90 Å². The van der Waals surface area contributed by atoms with E-state index in [0.29, 0.717) is 0 Å². The standard InChI is InChI=1S/C18H25N7/c1-13-4-19-12-22-17(13)25-10-15-8-24(9-16(15)11-25)7-14-5-20-18(21-6-14)23(2)3/h4-6,12,15-16H,7-11H2,1-3H3. The molecule has 2 fully saturated rings. The number of likely N-dealkylation sites (tertiary alicyclic amines) is 1. The second kappa shape index (κ2) is 6.55. The summed E-state index contributed by atoms with van der Waals surface area (Å²) in [5, 5.41) is 0. The van der Waals surface area contributed by atoms with Crippen molar-refractivity contribution < 1.29 is 0 Å². The second-order valence-corrected chi connectivity index (χ2v) is 7.43. The molecule has 0 bridgehead atoms. The molecule has 25 heavy (non-hydrogen) atoms. The van der Waals surface area contributed by atoms with E-state index in [2.05, 4.69) is 36.7 Å². The van der Waals surface area contributed by atoms with Gasteiger partial charge in [-0.1, -0.05) is 0 Å². The van der Waals surface area contributed by atoms with Crippen LogP contribution in [0.5, 0.6) is 0 Å². The molecule has 2 saturated heterocycles. The highest BCUT2D eigenvalue weighted by atomic mass is 15.3. The molecule has 0 radical (unpaired) electrons. The van der Waals surface area contributed by atoms with E-state index in [1.54, 1.807) is 6.33 Å². The Hall–Kier alpha value is -2.28. The van der Waals surface area contributed by atoms with Crippen molar-refractivity contribution in [2.24, 2.45) is 11.8 Å². The van der Waals surface area contributed by atoms with Gasteiger partial charge in [0.25, 0.3) is 0 Å². The highest BCUT2D eigenvalue weighted by Crippen LogP contribution is 2.34. The molecular weight excluding hydrogens is 314 g/mol. The zero-order chi connectivity index (χ0) is 17.4. The van der Waals surface area contributed by atoms with Crippen LogP contribution in [0.1, 0.15) is 11.1 Å². The lowest BCUT2D eigenvalue weighted by Gasteiger charge is -2.23. The Morgan fingerprint density at radius 3 is 2.28 bits per heavy atom. The Kier molecular flexibility index (Phi) is 4.25. The summed E-state index contributed by atoms with van der Waals surface area (Å²) in [7, 11) is 3.92. The van der Waals surface area contributed by atoms with Crippen LogP contribution in [-0.4, -0.2) is 65.1 Å². The average Bonchev–Trinajstić information content (AvgIpc) is 3.14. The van der Waals surface area contributed by atoms with Crippen molar-refractivity contribution in [1.82, 2.24) is 24.8 Å². The van der Waals surface area contributed by atoms with Crippen LogP contribution in [0, 0.1) is 18.8 Å². The van der Waals surface area contributed by atoms with E-state index in [9.17, 15) is 0 Å². The van der Waals surface area contributed by atoms with Gasteiger partial charge in [0.1, 0.15) is 12.1 Å². The first-order valence-corrected chi connectivity index (χ1v) is 8.82. The molecule has 2 aromatic heterocycles. The molecule has 2 aliphatic rings. The molecule has 2 unspecified atom stereocenters. The Balaban J connectivity index is 1.36. The fraction of sp³-hybridized carbons (Fsp3) is 0.556. The van der Waals surface area contributed by atoms with Crippen molar-refractivity contribution in [3.63, 3.8) is 0 Å². The first-order valence-electron chi connectivity index (χ1n) is 8.82. The van der Waals surface area contributed by atoms with E-state index in [1.807, 2.05) is 37.6 Å². The van der Waals surface area contributed by atoms with Gasteiger partial charge in [-0.2, -0.15) is 0 Å². The van der Waals surface area contributed by atoms with E-state index in [4.69, 9.17) is 0 Å². The summed E-state index contributed by atoms with van der Waals surface area (Å²) in [4.78, 5) is 24.3. The number of fused-ring (bicyclic) bond motifs is 1. The number of nitrogens with zero attached hydrogens (tertiary/aromatic N) is 7. The summed E-state index contributed by atoms with van der Waals surface area (Å²) < 4.78 is 0. The first kappa shape index (κ1) is 16.2. The number of anilines is 2. The van der Waals surface area contributed by atoms with Gasteiger partial charge in [-0.25, -0.2) is 19.9 Å². The van der Waals surface area contributed by atoms with Crippen molar-refractivity contribution in [2.75, 3.05) is 50.1 Å². The summed E-state index contributed by atoms with van der Waals surface area (Å²) in [6.45, 7) is 7.49. The summed E-state index contributed by atoms with van der Waals surface area (Å²) in [5.41, 5.74) is 2.35. The maximum absolute atomic E-state index is 4.48. The third-order valence-corrected chi connectivity index (χ3v) is 5.23. The van der Waals surface area contributed by atoms with Crippen LogP contribution in [-0.2, 0) is 6.54 Å². The summed E-state index contributed by atoms with van der Waals surface area (Å²) in [5.74, 6) is 3.30. The second-order valence-electron chi connectivity index (χ2n) is 7.43. The van der Waals surface area contributed by atoms with E-state index in [1.165, 1.54) is 5.56 Å². The molecule has 2 aromatic rings. The maximum Gasteiger partial charge on any atom is 0.224 e. The SMILES string of the molecule is Cc1cncnc1N1CC2CN(Cc3cnc(N(C)C)nc3)CC2C1. The van der Waals surface area contributed by atoms with Crippen molar-refractivity contribution in [2.45, 2.75) is 13.5 Å². The molecule has 4 heterocycles. The third kappa shape index (κ3) is 3.28. The minimum atomic E-state index is 0.719. The highest BCUT2D eigenvalue weighted by Gasteiger charge is 2.40. The van der Waals surface area contributed by atoms with Crippen LogP contribution in [0.4, 0.5) is 11.8 Å². The van der Waals surface area contributed by atoms with Gasteiger partial charge in [0, 0.05) is 76.5 Å². The molecule has 132 valence electrons. The van der Waals surface area contributed by atoms with Crippen LogP contribution < -0.4 is 9.80 Å². The van der Waals surface area contributed by atoms with Crippen LogP contribution in [0.25, 0.3) is 0 Å². The lowest BCUT2D eigenvalue weighted by molar-refractivity contribution is 0.308. The third-order valence-electron chi connectivity index (χ3n) is 5.23. The molecular formula is C18H25N7. The quantitative estimate of drug-likeness (QED) is 0.830. The van der Waals surface area contributed by atoms with E-state index < -0.39 is 0 Å². The predicted molar refractivity (Wildman–Crippen MR) is 97.6 cm³/mol. The molecule has 0 saturated carbocycles. The lowest BCUT2D eigenvalue weighted by Crippen LogP contribution is -2.29. The number of aromatic nitrogens is 4. The molecule has 0 aromatic carbocycles. The van der Waals surface area contributed by atoms with Gasteiger partial charge < -0.3 is 9.80 Å². The molecule has 2 atom stereocenters. The maximum atomic E-state index is 4.48. The highest BCUT2D eigenvalue weighted by molar-refractivity contribution is 5.46. The Morgan fingerprint density at radius 2 is 1.68 bits per heavy atom. The summed E-state index contributed by atoms with van der Waals surface area (Å²) >= 11 is 0. The lowest BCUT2D eigenvalue weighted by atomic mass is 10.0. The van der Waals surface area contributed by atoms with Gasteiger partial charge in [-0.05, 0) is 18.8 Å². The van der Waals surface area contributed by atoms with E-state index in [-0.39, 0.29) is 0 Å². The largest absolute Gasteiger partial charge is 0.356 e. The van der Waals surface area contributed by atoms with Crippen molar-refractivity contribution >= 4 is 11.8 Å². The average molecular weight is 339 g/mol. The molecule has 4 rings (SSSR count). The fourth-order valence-corrected chi connectivity index (χ4v) is 4.03. The number of aryl methyl sites for hydroxylation is 1. The monoisotopic (exact) mass is 339 g/mol. The fourth-order valence-electron chi connectivity index (χ4n) is 4.03. The van der Waals surface area contributed by atoms with Crippen molar-refractivity contribution in [3.8, 4) is 0 Å². The molecule has 0 aliphatic carbocycles. The minimum Gasteiger partial charge on any atom is -0.356 e. The summed E-state index contributed by atoms with van der Waals surface area (Å²) in [6, 6.07) is 0. The number of hydrogen-bond acceptors (Lipinski definition) is 7. The first-order chi connectivity index (χ1) is 12.1. The molecule has 7 heteroatoms. The molecule has 0 N–H and O–H groups in total. The van der Waals surface area contributed by atoms with Crippen LogP contribution in [0.2, 0.25) is 0 Å². The minimum absolute atomic E-state index is 0.719. The van der Waals surface area contributed by atoms with Gasteiger partial charge >= 0.3 is 0 Å². The molecule has 7 nitrogen and oxygen atoms in total. The Bertz CT molecular complexity index is 716. The zero-order valence-electron chi connectivity index (χ0n) is 15.1. The van der Waals surface area contributed by atoms with Crippen molar-refractivity contribution in [1.29, 1.82) is 0 Å². The Labute approximate surface area is 148 Å². The number of rotatable bonds is 4. The van der Waals surface area contributed by atoms with Crippen molar-refractivity contribution in [3.05, 3.63) is 36.0 Å². The van der Waals surface area contributed by atoms with E-state index >= 15 is 0 Å². The van der Waals surface area contributed by atoms with Crippen LogP contribution in [0.3, 0.4) is 0 Å². The molecule has 2 aliphatic heterocycles. The van der Waals surface area contributed by atoms with Gasteiger partial charge in [0.05, 0.1) is 0 Å². The van der Waals surface area contributed by atoms with Crippen LogP contribution in [0.15, 0.2) is 24.9 Å². The predicted octanol–water partition coefficient (Wildman–Crippen LogP) is 1.21. The normalized spacial score (nSPS) is 23.1. The van der Waals surface area contributed by atoms with Crippen LogP contribution >= 0.6 is 0 Å². The van der Waals surface area contributed by atoms with Gasteiger partial charge in [-0.15, -0.1) is 0 Å². The number of hydrogen-bond donors (Lipinski definition) is 0. The summed E-state index contributed by atoms with van der Waals surface area (Å²) in [6.07, 6.45) is 7.46. The molecule has 0 spiro atoms.